The van der Waals surface area contributed by atoms with Crippen molar-refractivity contribution in [3.63, 3.8) is 0 Å². The molecule has 0 saturated heterocycles. The van der Waals surface area contributed by atoms with Gasteiger partial charge >= 0.3 is 0 Å². The summed E-state index contributed by atoms with van der Waals surface area (Å²) >= 11 is 3.66. The highest BCUT2D eigenvalue weighted by Gasteiger charge is 2.10. The molecule has 0 aromatic rings. The molecule has 0 radical (unpaired) electrons. The summed E-state index contributed by atoms with van der Waals surface area (Å²) in [5, 5.41) is 0. The standard InChI is InChI=1S/C6H13NOS/c1-3-5(4-2)6(8)7-9/h5,9H,3-4H2,1-2H3,(H,7,8). The Labute approximate surface area is 61.6 Å². The van der Waals surface area contributed by atoms with Gasteiger partial charge in [-0.2, -0.15) is 0 Å². The van der Waals surface area contributed by atoms with Crippen LogP contribution in [0.25, 0.3) is 0 Å². The number of rotatable bonds is 3. The first-order valence-electron chi connectivity index (χ1n) is 3.20. The Bertz CT molecular complexity index is 91.1. The zero-order chi connectivity index (χ0) is 7.28. The van der Waals surface area contributed by atoms with E-state index in [4.69, 9.17) is 0 Å². The highest BCUT2D eigenvalue weighted by atomic mass is 32.1. The van der Waals surface area contributed by atoms with Gasteiger partial charge < -0.3 is 4.72 Å². The molecule has 0 rings (SSSR count). The van der Waals surface area contributed by atoms with Crippen LogP contribution in [0.15, 0.2) is 0 Å². The van der Waals surface area contributed by atoms with Crippen LogP contribution in [0.5, 0.6) is 0 Å². The zero-order valence-electron chi connectivity index (χ0n) is 5.85. The van der Waals surface area contributed by atoms with Crippen molar-refractivity contribution >= 4 is 18.7 Å². The summed E-state index contributed by atoms with van der Waals surface area (Å²) in [5.41, 5.74) is 0. The molecule has 0 aromatic heterocycles. The van der Waals surface area contributed by atoms with Crippen LogP contribution in [0.2, 0.25) is 0 Å². The van der Waals surface area contributed by atoms with Gasteiger partial charge in [0, 0.05) is 5.92 Å². The first-order chi connectivity index (χ1) is 4.26. The molecule has 3 heteroatoms. The Morgan fingerprint density at radius 2 is 2.00 bits per heavy atom. The van der Waals surface area contributed by atoms with E-state index >= 15 is 0 Å². The van der Waals surface area contributed by atoms with E-state index in [1.807, 2.05) is 13.8 Å². The van der Waals surface area contributed by atoms with Gasteiger partial charge in [-0.05, 0) is 12.8 Å². The third kappa shape index (κ3) is 2.75. The molecule has 1 amide bonds. The van der Waals surface area contributed by atoms with Gasteiger partial charge in [-0.1, -0.05) is 26.7 Å². The summed E-state index contributed by atoms with van der Waals surface area (Å²) in [5.74, 6) is 0.172. The van der Waals surface area contributed by atoms with Gasteiger partial charge in [0.2, 0.25) is 5.91 Å². The number of carbonyl (C=O) groups excluding carboxylic acids is 1. The van der Waals surface area contributed by atoms with Crippen molar-refractivity contribution in [1.29, 1.82) is 0 Å². The van der Waals surface area contributed by atoms with Crippen LogP contribution in [0, 0.1) is 5.92 Å². The Morgan fingerprint density at radius 3 is 2.11 bits per heavy atom. The fourth-order valence-electron chi connectivity index (χ4n) is 0.751. The van der Waals surface area contributed by atoms with Crippen LogP contribution in [0.3, 0.4) is 0 Å². The Hall–Kier alpha value is -0.180. The molecular weight excluding hydrogens is 134 g/mol. The molecule has 2 nitrogen and oxygen atoms in total. The van der Waals surface area contributed by atoms with E-state index in [0.717, 1.165) is 12.8 Å². The average molecular weight is 147 g/mol. The predicted octanol–water partition coefficient (Wildman–Crippen LogP) is 1.38. The lowest BCUT2D eigenvalue weighted by atomic mass is 10.0. The smallest absolute Gasteiger partial charge is 0.232 e. The molecule has 0 unspecified atom stereocenters. The second kappa shape index (κ2) is 4.68. The fraction of sp³-hybridized carbons (Fsp3) is 0.833. The molecule has 0 heterocycles. The highest BCUT2D eigenvalue weighted by molar-refractivity contribution is 7.78. The molecule has 9 heavy (non-hydrogen) atoms. The van der Waals surface area contributed by atoms with Crippen molar-refractivity contribution in [2.75, 3.05) is 0 Å². The highest BCUT2D eigenvalue weighted by Crippen LogP contribution is 2.06. The Kier molecular flexibility index (Phi) is 4.58. The maximum atomic E-state index is 10.8. The van der Waals surface area contributed by atoms with E-state index in [1.165, 1.54) is 0 Å². The molecule has 0 atom stereocenters. The molecule has 0 aliphatic carbocycles. The normalized spacial score (nSPS) is 9.78. The van der Waals surface area contributed by atoms with Gasteiger partial charge in [0.25, 0.3) is 0 Å². The number of carbonyl (C=O) groups is 1. The zero-order valence-corrected chi connectivity index (χ0v) is 6.74. The van der Waals surface area contributed by atoms with Crippen LogP contribution in [0.4, 0.5) is 0 Å². The average Bonchev–Trinajstić information content (AvgIpc) is 1.90. The molecule has 0 saturated carbocycles. The third-order valence-corrected chi connectivity index (χ3v) is 1.69. The summed E-state index contributed by atoms with van der Waals surface area (Å²) in [7, 11) is 0. The summed E-state index contributed by atoms with van der Waals surface area (Å²) in [6, 6.07) is 0. The number of amides is 1. The van der Waals surface area contributed by atoms with E-state index in [1.54, 1.807) is 0 Å². The van der Waals surface area contributed by atoms with Crippen LogP contribution < -0.4 is 4.72 Å². The minimum Gasteiger partial charge on any atom is -0.303 e. The van der Waals surface area contributed by atoms with Crippen molar-refractivity contribution in [1.82, 2.24) is 4.72 Å². The van der Waals surface area contributed by atoms with Gasteiger partial charge in [0.1, 0.15) is 0 Å². The van der Waals surface area contributed by atoms with Gasteiger partial charge in [-0.25, -0.2) is 0 Å². The number of hydrogen-bond acceptors (Lipinski definition) is 2. The minimum atomic E-state index is 0.0309. The van der Waals surface area contributed by atoms with Crippen molar-refractivity contribution < 1.29 is 4.79 Å². The van der Waals surface area contributed by atoms with E-state index in [9.17, 15) is 4.79 Å². The minimum absolute atomic E-state index is 0.0309. The third-order valence-electron chi connectivity index (χ3n) is 1.47. The lowest BCUT2D eigenvalue weighted by Gasteiger charge is -2.07. The quantitative estimate of drug-likeness (QED) is 0.580. The maximum absolute atomic E-state index is 10.8. The van der Waals surface area contributed by atoms with Crippen molar-refractivity contribution in [2.45, 2.75) is 26.7 Å². The van der Waals surface area contributed by atoms with E-state index < -0.39 is 0 Å². The molecule has 0 bridgehead atoms. The number of thiol groups is 1. The van der Waals surface area contributed by atoms with Gasteiger partial charge in [0.05, 0.1) is 0 Å². The molecule has 0 aromatic carbocycles. The molecule has 0 aliphatic heterocycles. The largest absolute Gasteiger partial charge is 0.303 e. The molecule has 0 spiro atoms. The lowest BCUT2D eigenvalue weighted by Crippen LogP contribution is -2.22. The van der Waals surface area contributed by atoms with Crippen LogP contribution in [0.1, 0.15) is 26.7 Å². The summed E-state index contributed by atoms with van der Waals surface area (Å²) < 4.78 is 2.32. The SMILES string of the molecule is CCC(CC)C(=O)NS. The second-order valence-corrected chi connectivity index (χ2v) is 2.21. The van der Waals surface area contributed by atoms with Gasteiger partial charge in [-0.3, -0.25) is 4.79 Å². The molecule has 0 aliphatic rings. The van der Waals surface area contributed by atoms with Crippen molar-refractivity contribution in [2.24, 2.45) is 5.92 Å². The lowest BCUT2D eigenvalue weighted by molar-refractivity contribution is -0.123. The topological polar surface area (TPSA) is 29.1 Å². The van der Waals surface area contributed by atoms with Crippen LogP contribution in [-0.4, -0.2) is 5.91 Å². The van der Waals surface area contributed by atoms with E-state index in [2.05, 4.69) is 17.5 Å². The first-order valence-corrected chi connectivity index (χ1v) is 3.64. The molecular formula is C6H13NOS. The summed E-state index contributed by atoms with van der Waals surface area (Å²) in [6.45, 7) is 3.99. The van der Waals surface area contributed by atoms with E-state index in [0.29, 0.717) is 0 Å². The number of nitrogens with one attached hydrogen (secondary N) is 1. The van der Waals surface area contributed by atoms with Gasteiger partial charge in [-0.15, -0.1) is 0 Å². The molecule has 1 N–H and O–H groups in total. The second-order valence-electron chi connectivity index (χ2n) is 1.99. The maximum Gasteiger partial charge on any atom is 0.232 e. The summed E-state index contributed by atoms with van der Waals surface area (Å²) in [4.78, 5) is 10.8. The van der Waals surface area contributed by atoms with Crippen LogP contribution >= 0.6 is 12.8 Å². The van der Waals surface area contributed by atoms with Crippen molar-refractivity contribution in [3.8, 4) is 0 Å². The number of hydrogen-bond donors (Lipinski definition) is 2. The fourth-order valence-corrected chi connectivity index (χ4v) is 0.933. The monoisotopic (exact) mass is 147 g/mol. The first kappa shape index (κ1) is 8.82. The van der Waals surface area contributed by atoms with Crippen molar-refractivity contribution in [3.05, 3.63) is 0 Å². The Morgan fingerprint density at radius 1 is 1.56 bits per heavy atom. The van der Waals surface area contributed by atoms with Crippen LogP contribution in [-0.2, 0) is 4.79 Å². The molecule has 54 valence electrons. The van der Waals surface area contributed by atoms with E-state index in [-0.39, 0.29) is 11.8 Å². The predicted molar refractivity (Wildman–Crippen MR) is 41.2 cm³/mol. The molecule has 0 fully saturated rings. The summed E-state index contributed by atoms with van der Waals surface area (Å²) in [6.07, 6.45) is 1.78. The Balaban J connectivity index is 3.64. The van der Waals surface area contributed by atoms with Gasteiger partial charge in [0.15, 0.2) is 0 Å².